The van der Waals surface area contributed by atoms with Gasteiger partial charge in [-0.15, -0.1) is 0 Å². The van der Waals surface area contributed by atoms with Crippen LogP contribution in [0.2, 0.25) is 0 Å². The molecule has 2 rings (SSSR count). The summed E-state index contributed by atoms with van der Waals surface area (Å²) in [7, 11) is 0. The van der Waals surface area contributed by atoms with Gasteiger partial charge in [0.2, 0.25) is 0 Å². The fraction of sp³-hybridized carbons (Fsp3) is 0.273. The molecule has 3 nitrogen and oxygen atoms in total. The Morgan fingerprint density at radius 2 is 2.36 bits per heavy atom. The Hall–Kier alpha value is -1.64. The van der Waals surface area contributed by atoms with E-state index in [1.165, 1.54) is 12.0 Å². The number of rotatable bonds is 2. The third-order valence-electron chi connectivity index (χ3n) is 2.39. The standard InChI is InChI=1S/C11H11NO2/c13-11(14)10-7-9(5-6-12-10)8-3-1-2-4-8/h3,5-7H,1-2,4H2,(H,13,14). The van der Waals surface area contributed by atoms with Crippen LogP contribution in [0.15, 0.2) is 24.4 Å². The van der Waals surface area contributed by atoms with Crippen molar-refractivity contribution in [1.82, 2.24) is 4.98 Å². The fourth-order valence-electron chi connectivity index (χ4n) is 1.68. The van der Waals surface area contributed by atoms with Gasteiger partial charge >= 0.3 is 5.97 Å². The summed E-state index contributed by atoms with van der Waals surface area (Å²) >= 11 is 0. The number of pyridine rings is 1. The van der Waals surface area contributed by atoms with Gasteiger partial charge in [0.1, 0.15) is 5.69 Å². The van der Waals surface area contributed by atoms with Gasteiger partial charge in [0, 0.05) is 6.20 Å². The second kappa shape index (κ2) is 3.62. The molecule has 0 saturated carbocycles. The van der Waals surface area contributed by atoms with Crippen molar-refractivity contribution in [2.45, 2.75) is 19.3 Å². The minimum Gasteiger partial charge on any atom is -0.477 e. The molecule has 0 spiro atoms. The zero-order valence-electron chi connectivity index (χ0n) is 7.73. The highest BCUT2D eigenvalue weighted by atomic mass is 16.4. The first kappa shape index (κ1) is 8.94. The van der Waals surface area contributed by atoms with Crippen molar-refractivity contribution in [2.24, 2.45) is 0 Å². The van der Waals surface area contributed by atoms with E-state index in [4.69, 9.17) is 5.11 Å². The fourth-order valence-corrected chi connectivity index (χ4v) is 1.68. The summed E-state index contributed by atoms with van der Waals surface area (Å²) in [5.74, 6) is -0.967. The van der Waals surface area contributed by atoms with Crippen molar-refractivity contribution in [3.8, 4) is 0 Å². The molecule has 0 aromatic carbocycles. The summed E-state index contributed by atoms with van der Waals surface area (Å²) in [6.07, 6.45) is 7.03. The molecule has 14 heavy (non-hydrogen) atoms. The molecular weight excluding hydrogens is 178 g/mol. The number of nitrogens with zero attached hydrogens (tertiary/aromatic N) is 1. The Kier molecular flexibility index (Phi) is 2.31. The Labute approximate surface area is 82.1 Å². The van der Waals surface area contributed by atoms with Crippen molar-refractivity contribution in [3.63, 3.8) is 0 Å². The third kappa shape index (κ3) is 1.66. The summed E-state index contributed by atoms with van der Waals surface area (Å²) in [4.78, 5) is 14.5. The van der Waals surface area contributed by atoms with Gasteiger partial charge in [0.15, 0.2) is 0 Å². The maximum atomic E-state index is 10.7. The van der Waals surface area contributed by atoms with Crippen molar-refractivity contribution in [1.29, 1.82) is 0 Å². The van der Waals surface area contributed by atoms with Crippen molar-refractivity contribution in [3.05, 3.63) is 35.7 Å². The van der Waals surface area contributed by atoms with Gasteiger partial charge in [-0.1, -0.05) is 6.08 Å². The quantitative estimate of drug-likeness (QED) is 0.776. The summed E-state index contributed by atoms with van der Waals surface area (Å²) in [6.45, 7) is 0. The van der Waals surface area contributed by atoms with E-state index in [1.807, 2.05) is 6.07 Å². The SMILES string of the molecule is O=C(O)c1cc(C2=CCCC2)ccn1. The van der Waals surface area contributed by atoms with E-state index in [-0.39, 0.29) is 5.69 Å². The number of allylic oxidation sites excluding steroid dienone is 2. The molecular formula is C11H11NO2. The monoisotopic (exact) mass is 189 g/mol. The second-order valence-electron chi connectivity index (χ2n) is 3.36. The lowest BCUT2D eigenvalue weighted by molar-refractivity contribution is 0.0690. The number of aromatic nitrogens is 1. The van der Waals surface area contributed by atoms with E-state index < -0.39 is 5.97 Å². The van der Waals surface area contributed by atoms with E-state index in [2.05, 4.69) is 11.1 Å². The van der Waals surface area contributed by atoms with Crippen LogP contribution < -0.4 is 0 Å². The van der Waals surface area contributed by atoms with Crippen molar-refractivity contribution >= 4 is 11.5 Å². The Bertz CT molecular complexity index is 396. The zero-order valence-corrected chi connectivity index (χ0v) is 7.73. The molecule has 1 aromatic rings. The first-order chi connectivity index (χ1) is 6.77. The van der Waals surface area contributed by atoms with E-state index in [0.717, 1.165) is 18.4 Å². The molecule has 0 bridgehead atoms. The summed E-state index contributed by atoms with van der Waals surface area (Å²) in [5, 5.41) is 8.77. The smallest absolute Gasteiger partial charge is 0.354 e. The highest BCUT2D eigenvalue weighted by molar-refractivity contribution is 5.86. The minimum absolute atomic E-state index is 0.121. The lowest BCUT2D eigenvalue weighted by atomic mass is 10.1. The maximum Gasteiger partial charge on any atom is 0.354 e. The van der Waals surface area contributed by atoms with Gasteiger partial charge in [-0.2, -0.15) is 0 Å². The van der Waals surface area contributed by atoms with Gasteiger partial charge in [-0.05, 0) is 42.5 Å². The molecule has 0 fully saturated rings. The van der Waals surface area contributed by atoms with Gasteiger partial charge in [0.05, 0.1) is 0 Å². The van der Waals surface area contributed by atoms with Gasteiger partial charge in [0.25, 0.3) is 0 Å². The van der Waals surface area contributed by atoms with Crippen molar-refractivity contribution < 1.29 is 9.90 Å². The van der Waals surface area contributed by atoms with Gasteiger partial charge < -0.3 is 5.11 Å². The van der Waals surface area contributed by atoms with Crippen LogP contribution in [0.4, 0.5) is 0 Å². The van der Waals surface area contributed by atoms with Crippen LogP contribution in [-0.2, 0) is 0 Å². The minimum atomic E-state index is -0.967. The topological polar surface area (TPSA) is 50.2 Å². The average Bonchev–Trinajstić information content (AvgIpc) is 2.71. The number of carboxylic acid groups (broad SMARTS) is 1. The van der Waals surface area contributed by atoms with E-state index in [1.54, 1.807) is 12.3 Å². The summed E-state index contributed by atoms with van der Waals surface area (Å²) in [5.41, 5.74) is 2.36. The van der Waals surface area contributed by atoms with Crippen LogP contribution >= 0.6 is 0 Å². The average molecular weight is 189 g/mol. The van der Waals surface area contributed by atoms with Crippen LogP contribution in [0, 0.1) is 0 Å². The van der Waals surface area contributed by atoms with E-state index in [9.17, 15) is 4.79 Å². The van der Waals surface area contributed by atoms with Crippen molar-refractivity contribution in [2.75, 3.05) is 0 Å². The van der Waals surface area contributed by atoms with Gasteiger partial charge in [-0.25, -0.2) is 9.78 Å². The lowest BCUT2D eigenvalue weighted by Crippen LogP contribution is -2.00. The molecule has 1 aliphatic rings. The van der Waals surface area contributed by atoms with Crippen LogP contribution in [-0.4, -0.2) is 16.1 Å². The Morgan fingerprint density at radius 1 is 1.50 bits per heavy atom. The molecule has 0 saturated heterocycles. The molecule has 1 aromatic heterocycles. The van der Waals surface area contributed by atoms with Gasteiger partial charge in [-0.3, -0.25) is 0 Å². The normalized spacial score (nSPS) is 15.3. The molecule has 0 amide bonds. The predicted molar refractivity (Wildman–Crippen MR) is 53.0 cm³/mol. The highest BCUT2D eigenvalue weighted by Crippen LogP contribution is 2.27. The first-order valence-electron chi connectivity index (χ1n) is 4.66. The van der Waals surface area contributed by atoms with Crippen LogP contribution in [0.3, 0.4) is 0 Å². The highest BCUT2D eigenvalue weighted by Gasteiger charge is 2.10. The third-order valence-corrected chi connectivity index (χ3v) is 2.39. The number of hydrogen-bond donors (Lipinski definition) is 1. The molecule has 72 valence electrons. The largest absolute Gasteiger partial charge is 0.477 e. The molecule has 3 heteroatoms. The van der Waals surface area contributed by atoms with E-state index >= 15 is 0 Å². The molecule has 1 heterocycles. The number of carbonyl (C=O) groups is 1. The van der Waals surface area contributed by atoms with E-state index in [0.29, 0.717) is 0 Å². The lowest BCUT2D eigenvalue weighted by Gasteiger charge is -2.02. The molecule has 0 unspecified atom stereocenters. The Balaban J connectivity index is 2.34. The van der Waals surface area contributed by atoms with Crippen LogP contribution in [0.25, 0.3) is 5.57 Å². The molecule has 1 aliphatic carbocycles. The second-order valence-corrected chi connectivity index (χ2v) is 3.36. The summed E-state index contributed by atoms with van der Waals surface area (Å²) < 4.78 is 0. The number of carboxylic acids is 1. The predicted octanol–water partition coefficient (Wildman–Crippen LogP) is 2.35. The molecule has 1 N–H and O–H groups in total. The molecule has 0 aliphatic heterocycles. The maximum absolute atomic E-state index is 10.7. The first-order valence-corrected chi connectivity index (χ1v) is 4.66. The van der Waals surface area contributed by atoms with Crippen LogP contribution in [0.5, 0.6) is 0 Å². The summed E-state index contributed by atoms with van der Waals surface area (Å²) in [6, 6.07) is 3.50. The number of hydrogen-bond acceptors (Lipinski definition) is 2. The molecule has 0 atom stereocenters. The number of aromatic carboxylic acids is 1. The Morgan fingerprint density at radius 3 is 3.00 bits per heavy atom. The zero-order chi connectivity index (χ0) is 9.97. The van der Waals surface area contributed by atoms with Crippen LogP contribution in [0.1, 0.15) is 35.3 Å². The molecule has 0 radical (unpaired) electrons.